The average Bonchev–Trinajstić information content (AvgIpc) is 2.26. The highest BCUT2D eigenvalue weighted by molar-refractivity contribution is 5.85. The van der Waals surface area contributed by atoms with Gasteiger partial charge in [0.05, 0.1) is 6.61 Å². The highest BCUT2D eigenvalue weighted by Gasteiger charge is 2.13. The van der Waals surface area contributed by atoms with Crippen LogP contribution < -0.4 is 10.6 Å². The maximum Gasteiger partial charge on any atom is 0.0599 e. The van der Waals surface area contributed by atoms with Crippen LogP contribution in [0.5, 0.6) is 0 Å². The largest absolute Gasteiger partial charge is 0.395 e. The van der Waals surface area contributed by atoms with Crippen LogP contribution in [0.4, 0.5) is 5.69 Å². The summed E-state index contributed by atoms with van der Waals surface area (Å²) in [7, 11) is 0. The molecule has 0 amide bonds. The Morgan fingerprint density at radius 2 is 1.71 bits per heavy atom. The molecule has 1 atom stereocenters. The summed E-state index contributed by atoms with van der Waals surface area (Å²) in [6.45, 7) is 4.95. The topological polar surface area (TPSA) is 49.5 Å². The molecule has 1 unspecified atom stereocenters. The fraction of sp³-hybridized carbons (Fsp3) is 0.500. The molecule has 3 N–H and O–H groups in total. The summed E-state index contributed by atoms with van der Waals surface area (Å²) in [5, 5.41) is 8.96. The molecule has 100 valence electrons. The Bertz CT molecular complexity index is 283. The predicted octanol–water partition coefficient (Wildman–Crippen LogP) is 2.06. The highest BCUT2D eigenvalue weighted by Crippen LogP contribution is 2.16. The van der Waals surface area contributed by atoms with Gasteiger partial charge in [-0.25, -0.2) is 0 Å². The van der Waals surface area contributed by atoms with Crippen LogP contribution in [0.15, 0.2) is 30.3 Å². The summed E-state index contributed by atoms with van der Waals surface area (Å²) in [6, 6.07) is 10.3. The zero-order valence-electron chi connectivity index (χ0n) is 10.2. The van der Waals surface area contributed by atoms with Gasteiger partial charge in [0.2, 0.25) is 0 Å². The summed E-state index contributed by atoms with van der Waals surface area (Å²) in [4.78, 5) is 2.20. The maximum atomic E-state index is 8.96. The molecule has 17 heavy (non-hydrogen) atoms. The van der Waals surface area contributed by atoms with Crippen LogP contribution in [0.2, 0.25) is 0 Å². The van der Waals surface area contributed by atoms with Gasteiger partial charge in [0.1, 0.15) is 0 Å². The van der Waals surface area contributed by atoms with Gasteiger partial charge in [0.15, 0.2) is 0 Å². The van der Waals surface area contributed by atoms with E-state index in [0.717, 1.165) is 5.69 Å². The van der Waals surface area contributed by atoms with Crippen LogP contribution in [0.3, 0.4) is 0 Å². The monoisotopic (exact) mass is 280 g/mol. The smallest absolute Gasteiger partial charge is 0.0599 e. The summed E-state index contributed by atoms with van der Waals surface area (Å²) in [6.07, 6.45) is 0. The van der Waals surface area contributed by atoms with Gasteiger partial charge in [-0.05, 0) is 26.0 Å². The second kappa shape index (κ2) is 9.54. The van der Waals surface area contributed by atoms with Crippen molar-refractivity contribution in [3.63, 3.8) is 0 Å². The first-order valence-corrected chi connectivity index (χ1v) is 5.33. The van der Waals surface area contributed by atoms with Crippen molar-refractivity contribution in [2.24, 2.45) is 5.73 Å². The molecule has 1 aromatic rings. The Kier molecular flexibility index (Phi) is 10.6. The molecule has 1 rings (SSSR count). The first kappa shape index (κ1) is 18.9. The van der Waals surface area contributed by atoms with E-state index in [4.69, 9.17) is 10.8 Å². The molecule has 0 aliphatic heterocycles. The molecule has 0 fully saturated rings. The second-order valence-corrected chi connectivity index (χ2v) is 4.02. The third kappa shape index (κ3) is 6.13. The summed E-state index contributed by atoms with van der Waals surface area (Å²) >= 11 is 0. The van der Waals surface area contributed by atoms with Crippen LogP contribution >= 0.6 is 24.8 Å². The van der Waals surface area contributed by atoms with Crippen molar-refractivity contribution in [3.05, 3.63) is 30.3 Å². The number of aliphatic hydroxyl groups excluding tert-OH is 1. The van der Waals surface area contributed by atoms with Gasteiger partial charge in [0, 0.05) is 24.3 Å². The Hall–Kier alpha value is -0.480. The van der Waals surface area contributed by atoms with Gasteiger partial charge in [-0.1, -0.05) is 18.2 Å². The van der Waals surface area contributed by atoms with E-state index >= 15 is 0 Å². The molecule has 0 heterocycles. The van der Waals surface area contributed by atoms with Crippen molar-refractivity contribution in [2.75, 3.05) is 18.1 Å². The molecule has 0 saturated heterocycles. The van der Waals surface area contributed by atoms with Gasteiger partial charge >= 0.3 is 0 Å². The Labute approximate surface area is 116 Å². The van der Waals surface area contributed by atoms with Gasteiger partial charge < -0.3 is 15.7 Å². The lowest BCUT2D eigenvalue weighted by Gasteiger charge is -2.31. The number of anilines is 1. The Balaban J connectivity index is 0. The number of aliphatic hydroxyl groups is 1. The number of para-hydroxylation sites is 1. The number of halogens is 2. The van der Waals surface area contributed by atoms with Gasteiger partial charge in [-0.3, -0.25) is 0 Å². The van der Waals surface area contributed by atoms with Crippen molar-refractivity contribution in [1.82, 2.24) is 0 Å². The fourth-order valence-corrected chi connectivity index (χ4v) is 1.54. The third-order valence-corrected chi connectivity index (χ3v) is 2.38. The SMILES string of the molecule is CC(C)N(CC(N)CO)c1ccccc1.Cl.Cl. The van der Waals surface area contributed by atoms with E-state index in [9.17, 15) is 0 Å². The van der Waals surface area contributed by atoms with Crippen LogP contribution in [0, 0.1) is 0 Å². The standard InChI is InChI=1S/C12H20N2O.2ClH/c1-10(2)14(8-11(13)9-15)12-6-4-3-5-7-12;;/h3-7,10-11,15H,8-9,13H2,1-2H3;2*1H. The minimum absolute atomic E-state index is 0. The number of rotatable bonds is 5. The lowest BCUT2D eigenvalue weighted by molar-refractivity contribution is 0.265. The number of nitrogens with zero attached hydrogens (tertiary/aromatic N) is 1. The Morgan fingerprint density at radius 1 is 1.18 bits per heavy atom. The van der Waals surface area contributed by atoms with Gasteiger partial charge in [-0.15, -0.1) is 24.8 Å². The Morgan fingerprint density at radius 3 is 2.12 bits per heavy atom. The van der Waals surface area contributed by atoms with Crippen molar-refractivity contribution in [1.29, 1.82) is 0 Å². The van der Waals surface area contributed by atoms with Crippen molar-refractivity contribution < 1.29 is 5.11 Å². The first-order valence-electron chi connectivity index (χ1n) is 5.33. The van der Waals surface area contributed by atoms with Crippen LogP contribution in [0.25, 0.3) is 0 Å². The predicted molar refractivity (Wildman–Crippen MR) is 78.5 cm³/mol. The molecule has 0 aromatic heterocycles. The maximum absolute atomic E-state index is 8.96. The lowest BCUT2D eigenvalue weighted by atomic mass is 10.2. The minimum atomic E-state index is -0.187. The van der Waals surface area contributed by atoms with Crippen molar-refractivity contribution >= 4 is 30.5 Å². The molecular weight excluding hydrogens is 259 g/mol. The van der Waals surface area contributed by atoms with Crippen LogP contribution in [-0.4, -0.2) is 30.3 Å². The van der Waals surface area contributed by atoms with E-state index in [-0.39, 0.29) is 37.5 Å². The summed E-state index contributed by atoms with van der Waals surface area (Å²) in [5.41, 5.74) is 6.91. The highest BCUT2D eigenvalue weighted by atomic mass is 35.5. The zero-order chi connectivity index (χ0) is 11.3. The van der Waals surface area contributed by atoms with Crippen molar-refractivity contribution in [3.8, 4) is 0 Å². The van der Waals surface area contributed by atoms with Crippen molar-refractivity contribution in [2.45, 2.75) is 25.9 Å². The molecule has 1 aromatic carbocycles. The van der Waals surface area contributed by atoms with E-state index < -0.39 is 0 Å². The average molecular weight is 281 g/mol. The quantitative estimate of drug-likeness (QED) is 0.868. The third-order valence-electron chi connectivity index (χ3n) is 2.38. The number of benzene rings is 1. The van der Waals surface area contributed by atoms with Crippen LogP contribution in [0.1, 0.15) is 13.8 Å². The van der Waals surface area contributed by atoms with Gasteiger partial charge in [-0.2, -0.15) is 0 Å². The molecule has 0 aliphatic rings. The molecule has 0 spiro atoms. The van der Waals surface area contributed by atoms with E-state index in [2.05, 4.69) is 30.9 Å². The molecule has 3 nitrogen and oxygen atoms in total. The molecule has 0 aliphatic carbocycles. The second-order valence-electron chi connectivity index (χ2n) is 4.02. The zero-order valence-corrected chi connectivity index (χ0v) is 11.9. The molecule has 0 saturated carbocycles. The molecule has 0 bridgehead atoms. The van der Waals surface area contributed by atoms with Gasteiger partial charge in [0.25, 0.3) is 0 Å². The lowest BCUT2D eigenvalue weighted by Crippen LogP contribution is -2.43. The van der Waals surface area contributed by atoms with E-state index in [1.165, 1.54) is 0 Å². The fourth-order valence-electron chi connectivity index (χ4n) is 1.54. The molecular formula is C12H22Cl2N2O. The van der Waals surface area contributed by atoms with Crippen LogP contribution in [-0.2, 0) is 0 Å². The summed E-state index contributed by atoms with van der Waals surface area (Å²) < 4.78 is 0. The van der Waals surface area contributed by atoms with E-state index in [1.807, 2.05) is 18.2 Å². The number of hydrogen-bond donors (Lipinski definition) is 2. The normalized spacial score (nSPS) is 11.4. The minimum Gasteiger partial charge on any atom is -0.395 e. The first-order chi connectivity index (χ1) is 7.15. The molecule has 5 heteroatoms. The number of hydrogen-bond acceptors (Lipinski definition) is 3. The van der Waals surface area contributed by atoms with E-state index in [0.29, 0.717) is 12.6 Å². The number of nitrogens with two attached hydrogens (primary N) is 1. The summed E-state index contributed by atoms with van der Waals surface area (Å²) in [5.74, 6) is 0. The van der Waals surface area contributed by atoms with E-state index in [1.54, 1.807) is 0 Å². The molecule has 0 radical (unpaired) electrons.